The van der Waals surface area contributed by atoms with E-state index in [1.807, 2.05) is 20.8 Å². The van der Waals surface area contributed by atoms with Crippen LogP contribution in [0.3, 0.4) is 0 Å². The normalized spacial score (nSPS) is 13.1. The van der Waals surface area contributed by atoms with Crippen molar-refractivity contribution < 1.29 is 9.90 Å². The second-order valence-electron chi connectivity index (χ2n) is 6.62. The van der Waals surface area contributed by atoms with Crippen molar-refractivity contribution in [2.45, 2.75) is 53.6 Å². The third-order valence-corrected chi connectivity index (χ3v) is 3.61. The highest BCUT2D eigenvalue weighted by atomic mass is 16.3. The lowest BCUT2D eigenvalue weighted by Gasteiger charge is -2.25. The molecule has 1 unspecified atom stereocenters. The number of hydrogen-bond acceptors (Lipinski definition) is 2. The molecule has 1 rings (SSSR count). The zero-order chi connectivity index (χ0) is 15.3. The number of carbonyl (C=O) groups excluding carboxylic acids is 1. The number of benzene rings is 1. The highest BCUT2D eigenvalue weighted by Crippen LogP contribution is 2.18. The van der Waals surface area contributed by atoms with Gasteiger partial charge in [0.25, 0.3) is 0 Å². The van der Waals surface area contributed by atoms with Crippen LogP contribution in [0, 0.1) is 19.3 Å². The molecule has 0 aliphatic carbocycles. The van der Waals surface area contributed by atoms with Crippen LogP contribution in [0.5, 0.6) is 0 Å². The number of aryl methyl sites for hydroxylation is 3. The summed E-state index contributed by atoms with van der Waals surface area (Å²) in [7, 11) is 0. The van der Waals surface area contributed by atoms with E-state index in [0.717, 1.165) is 6.42 Å². The molecule has 0 aromatic heterocycles. The first-order chi connectivity index (χ1) is 9.20. The van der Waals surface area contributed by atoms with Gasteiger partial charge in [0.2, 0.25) is 5.91 Å². The van der Waals surface area contributed by atoms with Gasteiger partial charge in [-0.25, -0.2) is 0 Å². The van der Waals surface area contributed by atoms with E-state index in [0.29, 0.717) is 13.0 Å². The van der Waals surface area contributed by atoms with E-state index in [1.54, 1.807) is 0 Å². The van der Waals surface area contributed by atoms with Crippen LogP contribution in [0.15, 0.2) is 18.2 Å². The minimum Gasteiger partial charge on any atom is -0.391 e. The summed E-state index contributed by atoms with van der Waals surface area (Å²) in [4.78, 5) is 11.8. The lowest BCUT2D eigenvalue weighted by Crippen LogP contribution is -2.39. The van der Waals surface area contributed by atoms with E-state index in [-0.39, 0.29) is 11.3 Å². The van der Waals surface area contributed by atoms with E-state index >= 15 is 0 Å². The van der Waals surface area contributed by atoms with E-state index < -0.39 is 6.10 Å². The van der Waals surface area contributed by atoms with Crippen molar-refractivity contribution >= 4 is 5.91 Å². The molecule has 0 saturated carbocycles. The fourth-order valence-corrected chi connectivity index (χ4v) is 1.98. The highest BCUT2D eigenvalue weighted by molar-refractivity contribution is 5.76. The molecule has 1 amide bonds. The third-order valence-electron chi connectivity index (χ3n) is 3.61. The van der Waals surface area contributed by atoms with Gasteiger partial charge >= 0.3 is 0 Å². The molecule has 0 heterocycles. The summed E-state index contributed by atoms with van der Waals surface area (Å²) in [5, 5.41) is 12.7. The van der Waals surface area contributed by atoms with Crippen molar-refractivity contribution in [1.29, 1.82) is 0 Å². The van der Waals surface area contributed by atoms with Gasteiger partial charge in [-0.1, -0.05) is 44.5 Å². The van der Waals surface area contributed by atoms with Crippen molar-refractivity contribution in [3.8, 4) is 0 Å². The van der Waals surface area contributed by atoms with Crippen LogP contribution in [-0.4, -0.2) is 23.7 Å². The molecule has 2 N–H and O–H groups in total. The van der Waals surface area contributed by atoms with Gasteiger partial charge in [-0.05, 0) is 36.8 Å². The van der Waals surface area contributed by atoms with Gasteiger partial charge < -0.3 is 10.4 Å². The summed E-state index contributed by atoms with van der Waals surface area (Å²) in [6, 6.07) is 6.29. The van der Waals surface area contributed by atoms with Gasteiger partial charge in [0.1, 0.15) is 0 Å². The van der Waals surface area contributed by atoms with Crippen LogP contribution in [0.25, 0.3) is 0 Å². The van der Waals surface area contributed by atoms with E-state index in [9.17, 15) is 9.90 Å². The van der Waals surface area contributed by atoms with Crippen LogP contribution in [0.1, 0.15) is 43.9 Å². The molecule has 1 atom stereocenters. The third kappa shape index (κ3) is 5.33. The summed E-state index contributed by atoms with van der Waals surface area (Å²) in [5.41, 5.74) is 3.47. The number of amides is 1. The van der Waals surface area contributed by atoms with Crippen LogP contribution in [0.2, 0.25) is 0 Å². The number of nitrogens with one attached hydrogen (secondary N) is 1. The van der Waals surface area contributed by atoms with Gasteiger partial charge in [-0.2, -0.15) is 0 Å². The van der Waals surface area contributed by atoms with Crippen LogP contribution >= 0.6 is 0 Å². The second kappa shape index (κ2) is 6.89. The Kier molecular flexibility index (Phi) is 5.75. The number of carbonyl (C=O) groups is 1. The molecule has 0 aliphatic heterocycles. The van der Waals surface area contributed by atoms with Gasteiger partial charge in [-0.3, -0.25) is 4.79 Å². The molecule has 0 radical (unpaired) electrons. The van der Waals surface area contributed by atoms with E-state index in [4.69, 9.17) is 0 Å². The minimum atomic E-state index is -0.521. The Labute approximate surface area is 122 Å². The Morgan fingerprint density at radius 2 is 1.95 bits per heavy atom. The molecule has 3 heteroatoms. The maximum Gasteiger partial charge on any atom is 0.220 e. The average Bonchev–Trinajstić information content (AvgIpc) is 2.33. The smallest absolute Gasteiger partial charge is 0.220 e. The zero-order valence-electron chi connectivity index (χ0n) is 13.3. The average molecular weight is 277 g/mol. The standard InChI is InChI=1S/C17H27NO2/c1-12-6-7-14(13(2)10-12)8-9-16(20)18-11-15(19)17(3,4)5/h6-7,10,15,19H,8-9,11H2,1-5H3,(H,18,20). The molecule has 20 heavy (non-hydrogen) atoms. The van der Waals surface area contributed by atoms with Crippen LogP contribution in [0.4, 0.5) is 0 Å². The SMILES string of the molecule is Cc1ccc(CCC(=O)NCC(O)C(C)(C)C)c(C)c1. The topological polar surface area (TPSA) is 49.3 Å². The first-order valence-electron chi connectivity index (χ1n) is 7.21. The van der Waals surface area contributed by atoms with Gasteiger partial charge in [0.15, 0.2) is 0 Å². The molecule has 0 saturated heterocycles. The molecule has 3 nitrogen and oxygen atoms in total. The molecule has 1 aromatic carbocycles. The summed E-state index contributed by atoms with van der Waals surface area (Å²) in [5.74, 6) is -0.00623. The quantitative estimate of drug-likeness (QED) is 0.869. The number of hydrogen-bond donors (Lipinski definition) is 2. The van der Waals surface area contributed by atoms with Gasteiger partial charge in [0.05, 0.1) is 6.10 Å². The predicted molar refractivity (Wildman–Crippen MR) is 82.7 cm³/mol. The van der Waals surface area contributed by atoms with Gasteiger partial charge in [-0.15, -0.1) is 0 Å². The van der Waals surface area contributed by atoms with Crippen LogP contribution in [-0.2, 0) is 11.2 Å². The van der Waals surface area contributed by atoms with Crippen molar-refractivity contribution in [3.05, 3.63) is 34.9 Å². The summed E-state index contributed by atoms with van der Waals surface area (Å²) < 4.78 is 0. The van der Waals surface area contributed by atoms with Crippen molar-refractivity contribution in [2.75, 3.05) is 6.54 Å². The van der Waals surface area contributed by atoms with Crippen LogP contribution < -0.4 is 5.32 Å². The first-order valence-corrected chi connectivity index (χ1v) is 7.21. The maximum atomic E-state index is 11.8. The fourth-order valence-electron chi connectivity index (χ4n) is 1.98. The number of aliphatic hydroxyl groups is 1. The summed E-state index contributed by atoms with van der Waals surface area (Å²) >= 11 is 0. The van der Waals surface area contributed by atoms with Crippen molar-refractivity contribution in [2.24, 2.45) is 5.41 Å². The Bertz CT molecular complexity index is 461. The Balaban J connectivity index is 2.40. The molecular formula is C17H27NO2. The second-order valence-corrected chi connectivity index (χ2v) is 6.62. The highest BCUT2D eigenvalue weighted by Gasteiger charge is 2.22. The lowest BCUT2D eigenvalue weighted by molar-refractivity contribution is -0.121. The fraction of sp³-hybridized carbons (Fsp3) is 0.588. The Morgan fingerprint density at radius 1 is 1.30 bits per heavy atom. The maximum absolute atomic E-state index is 11.8. The summed E-state index contributed by atoms with van der Waals surface area (Å²) in [6.07, 6.45) is 0.678. The Hall–Kier alpha value is -1.35. The predicted octanol–water partition coefficient (Wildman–Crippen LogP) is 2.76. The van der Waals surface area contributed by atoms with Crippen molar-refractivity contribution in [1.82, 2.24) is 5.32 Å². The molecule has 1 aromatic rings. The molecule has 0 fully saturated rings. The molecule has 0 aliphatic rings. The lowest BCUT2D eigenvalue weighted by atomic mass is 9.89. The molecule has 0 spiro atoms. The van der Waals surface area contributed by atoms with Crippen molar-refractivity contribution in [3.63, 3.8) is 0 Å². The molecule has 0 bridgehead atoms. The number of aliphatic hydroxyl groups excluding tert-OH is 1. The molecule has 112 valence electrons. The monoisotopic (exact) mass is 277 g/mol. The van der Waals surface area contributed by atoms with E-state index in [1.165, 1.54) is 16.7 Å². The minimum absolute atomic E-state index is 0.00623. The van der Waals surface area contributed by atoms with Gasteiger partial charge in [0, 0.05) is 13.0 Å². The largest absolute Gasteiger partial charge is 0.391 e. The van der Waals surface area contributed by atoms with E-state index in [2.05, 4.69) is 37.4 Å². The zero-order valence-corrected chi connectivity index (χ0v) is 13.3. The Morgan fingerprint density at radius 3 is 2.50 bits per heavy atom. The molecular weight excluding hydrogens is 250 g/mol. The summed E-state index contributed by atoms with van der Waals surface area (Å²) in [6.45, 7) is 10.3. The first kappa shape index (κ1) is 16.7. The number of rotatable bonds is 5.